The second kappa shape index (κ2) is 6.44. The third-order valence-corrected chi connectivity index (χ3v) is 4.97. The molecule has 2 aromatic carbocycles. The molecule has 2 rings (SSSR count). The highest BCUT2D eigenvalue weighted by atomic mass is 79.9. The standard InChI is InChI=1S/C16H17BrS/c1-3-12-5-8-14(9-6-12)18-16-10-7-13(4-2)11-15(16)17/h5-11H,3-4H2,1-2H3. The highest BCUT2D eigenvalue weighted by Gasteiger charge is 2.03. The first-order valence-electron chi connectivity index (χ1n) is 6.28. The highest BCUT2D eigenvalue weighted by molar-refractivity contribution is 9.10. The Labute approximate surface area is 122 Å². The van der Waals surface area contributed by atoms with Crippen molar-refractivity contribution in [1.82, 2.24) is 0 Å². The van der Waals surface area contributed by atoms with Gasteiger partial charge in [0.25, 0.3) is 0 Å². The molecule has 0 heterocycles. The van der Waals surface area contributed by atoms with Crippen LogP contribution in [-0.2, 0) is 12.8 Å². The van der Waals surface area contributed by atoms with Crippen LogP contribution in [0.25, 0.3) is 0 Å². The monoisotopic (exact) mass is 320 g/mol. The van der Waals surface area contributed by atoms with E-state index in [0.29, 0.717) is 0 Å². The number of hydrogen-bond acceptors (Lipinski definition) is 1. The van der Waals surface area contributed by atoms with Gasteiger partial charge in [-0.05, 0) is 64.2 Å². The van der Waals surface area contributed by atoms with E-state index < -0.39 is 0 Å². The lowest BCUT2D eigenvalue weighted by atomic mass is 10.2. The maximum absolute atomic E-state index is 3.65. The van der Waals surface area contributed by atoms with Crippen LogP contribution in [0, 0.1) is 0 Å². The summed E-state index contributed by atoms with van der Waals surface area (Å²) >= 11 is 5.46. The van der Waals surface area contributed by atoms with Gasteiger partial charge in [0.05, 0.1) is 0 Å². The SMILES string of the molecule is CCc1ccc(Sc2ccc(CC)cc2Br)cc1. The smallest absolute Gasteiger partial charge is 0.0317 e. The molecule has 0 nitrogen and oxygen atoms in total. The summed E-state index contributed by atoms with van der Waals surface area (Å²) in [6, 6.07) is 15.4. The van der Waals surface area contributed by atoms with Crippen molar-refractivity contribution < 1.29 is 0 Å². The number of halogens is 1. The van der Waals surface area contributed by atoms with Crippen LogP contribution in [0.3, 0.4) is 0 Å². The fraction of sp³-hybridized carbons (Fsp3) is 0.250. The van der Waals surface area contributed by atoms with Crippen molar-refractivity contribution in [1.29, 1.82) is 0 Å². The van der Waals surface area contributed by atoms with Gasteiger partial charge in [-0.15, -0.1) is 0 Å². The van der Waals surface area contributed by atoms with E-state index >= 15 is 0 Å². The van der Waals surface area contributed by atoms with E-state index in [2.05, 4.69) is 72.2 Å². The quantitative estimate of drug-likeness (QED) is 0.693. The molecule has 0 unspecified atom stereocenters. The first kappa shape index (κ1) is 13.7. The summed E-state index contributed by atoms with van der Waals surface area (Å²) in [4.78, 5) is 2.56. The summed E-state index contributed by atoms with van der Waals surface area (Å²) in [7, 11) is 0. The van der Waals surface area contributed by atoms with Crippen molar-refractivity contribution in [2.45, 2.75) is 36.5 Å². The van der Waals surface area contributed by atoms with Gasteiger partial charge in [0.15, 0.2) is 0 Å². The predicted molar refractivity (Wildman–Crippen MR) is 83.5 cm³/mol. The zero-order valence-electron chi connectivity index (χ0n) is 10.7. The molecule has 0 atom stereocenters. The zero-order chi connectivity index (χ0) is 13.0. The average molecular weight is 321 g/mol. The summed E-state index contributed by atoms with van der Waals surface area (Å²) in [5, 5.41) is 0. The third-order valence-electron chi connectivity index (χ3n) is 2.96. The molecule has 2 heteroatoms. The normalized spacial score (nSPS) is 10.6. The van der Waals surface area contributed by atoms with Gasteiger partial charge in [0, 0.05) is 14.3 Å². The van der Waals surface area contributed by atoms with Gasteiger partial charge in [-0.3, -0.25) is 0 Å². The summed E-state index contributed by atoms with van der Waals surface area (Å²) in [6.07, 6.45) is 2.18. The number of benzene rings is 2. The molecule has 2 aromatic rings. The molecule has 0 aliphatic rings. The Balaban J connectivity index is 2.17. The summed E-state index contributed by atoms with van der Waals surface area (Å²) in [6.45, 7) is 4.36. The van der Waals surface area contributed by atoms with Crippen LogP contribution < -0.4 is 0 Å². The van der Waals surface area contributed by atoms with E-state index in [-0.39, 0.29) is 0 Å². The molecule has 94 valence electrons. The molecule has 0 aromatic heterocycles. The molecule has 0 saturated heterocycles. The molecule has 0 saturated carbocycles. The third kappa shape index (κ3) is 3.39. The van der Waals surface area contributed by atoms with Gasteiger partial charge in [-0.2, -0.15) is 0 Å². The van der Waals surface area contributed by atoms with E-state index in [0.717, 1.165) is 12.8 Å². The molecular weight excluding hydrogens is 304 g/mol. The highest BCUT2D eigenvalue weighted by Crippen LogP contribution is 2.34. The minimum atomic E-state index is 1.08. The van der Waals surface area contributed by atoms with Crippen molar-refractivity contribution in [3.8, 4) is 0 Å². The van der Waals surface area contributed by atoms with Gasteiger partial charge in [-0.1, -0.05) is 43.8 Å². The van der Waals surface area contributed by atoms with Crippen LogP contribution in [0.15, 0.2) is 56.7 Å². The van der Waals surface area contributed by atoms with Crippen LogP contribution in [0.4, 0.5) is 0 Å². The van der Waals surface area contributed by atoms with E-state index in [1.165, 1.54) is 25.4 Å². The molecule has 0 radical (unpaired) electrons. The first-order valence-corrected chi connectivity index (χ1v) is 7.89. The topological polar surface area (TPSA) is 0 Å². The van der Waals surface area contributed by atoms with Crippen LogP contribution in [-0.4, -0.2) is 0 Å². The maximum atomic E-state index is 3.65. The lowest BCUT2D eigenvalue weighted by Gasteiger charge is -2.07. The van der Waals surface area contributed by atoms with E-state index in [1.807, 2.05) is 0 Å². The van der Waals surface area contributed by atoms with Crippen molar-refractivity contribution >= 4 is 27.7 Å². The molecule has 0 bridgehead atoms. The molecule has 0 amide bonds. The summed E-state index contributed by atoms with van der Waals surface area (Å²) < 4.78 is 1.19. The molecule has 18 heavy (non-hydrogen) atoms. The molecule has 0 N–H and O–H groups in total. The Kier molecular flexibility index (Phi) is 4.90. The lowest BCUT2D eigenvalue weighted by molar-refractivity contribution is 1.12. The van der Waals surface area contributed by atoms with Gasteiger partial charge < -0.3 is 0 Å². The van der Waals surface area contributed by atoms with Crippen LogP contribution >= 0.6 is 27.7 Å². The molecule has 0 aliphatic heterocycles. The fourth-order valence-electron chi connectivity index (χ4n) is 1.77. The summed E-state index contributed by atoms with van der Waals surface area (Å²) in [5.74, 6) is 0. The summed E-state index contributed by atoms with van der Waals surface area (Å²) in [5.41, 5.74) is 2.76. The van der Waals surface area contributed by atoms with E-state index in [4.69, 9.17) is 0 Å². The molecule has 0 spiro atoms. The van der Waals surface area contributed by atoms with Crippen molar-refractivity contribution in [2.75, 3.05) is 0 Å². The van der Waals surface area contributed by atoms with Crippen LogP contribution in [0.5, 0.6) is 0 Å². The molecular formula is C16H17BrS. The minimum Gasteiger partial charge on any atom is -0.0889 e. The van der Waals surface area contributed by atoms with Crippen LogP contribution in [0.1, 0.15) is 25.0 Å². The van der Waals surface area contributed by atoms with E-state index in [1.54, 1.807) is 11.8 Å². The van der Waals surface area contributed by atoms with Crippen molar-refractivity contribution in [3.63, 3.8) is 0 Å². The predicted octanol–water partition coefficient (Wildman–Crippen LogP) is 5.73. The molecule has 0 aliphatic carbocycles. The van der Waals surface area contributed by atoms with Crippen LogP contribution in [0.2, 0.25) is 0 Å². The largest absolute Gasteiger partial charge is 0.0889 e. The molecule has 0 fully saturated rings. The zero-order valence-corrected chi connectivity index (χ0v) is 13.1. The Hall–Kier alpha value is -0.730. The van der Waals surface area contributed by atoms with Gasteiger partial charge in [0.2, 0.25) is 0 Å². The maximum Gasteiger partial charge on any atom is 0.0317 e. The number of aryl methyl sites for hydroxylation is 2. The Morgan fingerprint density at radius 3 is 2.06 bits per heavy atom. The van der Waals surface area contributed by atoms with Crippen molar-refractivity contribution in [3.05, 3.63) is 58.1 Å². The number of hydrogen-bond donors (Lipinski definition) is 0. The van der Waals surface area contributed by atoms with Crippen molar-refractivity contribution in [2.24, 2.45) is 0 Å². The average Bonchev–Trinajstić information content (AvgIpc) is 2.42. The lowest BCUT2D eigenvalue weighted by Crippen LogP contribution is -1.83. The second-order valence-corrected chi connectivity index (χ2v) is 6.19. The fourth-order valence-corrected chi connectivity index (χ4v) is 3.25. The first-order chi connectivity index (χ1) is 8.72. The Morgan fingerprint density at radius 2 is 1.50 bits per heavy atom. The van der Waals surface area contributed by atoms with E-state index in [9.17, 15) is 0 Å². The van der Waals surface area contributed by atoms with Gasteiger partial charge in [0.1, 0.15) is 0 Å². The number of rotatable bonds is 4. The Morgan fingerprint density at radius 1 is 0.889 bits per heavy atom. The van der Waals surface area contributed by atoms with Gasteiger partial charge >= 0.3 is 0 Å². The second-order valence-electron chi connectivity index (χ2n) is 4.22. The Bertz CT molecular complexity index is 517. The minimum absolute atomic E-state index is 1.08. The van der Waals surface area contributed by atoms with Gasteiger partial charge in [-0.25, -0.2) is 0 Å².